The second kappa shape index (κ2) is 10.6. The third kappa shape index (κ3) is 6.86. The molecule has 0 saturated heterocycles. The molecule has 0 fully saturated rings. The van der Waals surface area contributed by atoms with Crippen molar-refractivity contribution in [1.29, 1.82) is 0 Å². The second-order valence-corrected chi connectivity index (χ2v) is 6.16. The van der Waals surface area contributed by atoms with E-state index in [1.807, 2.05) is 24.3 Å². The summed E-state index contributed by atoms with van der Waals surface area (Å²) >= 11 is 5.95. The van der Waals surface area contributed by atoms with Crippen LogP contribution in [0.15, 0.2) is 48.5 Å². The van der Waals surface area contributed by atoms with E-state index < -0.39 is 0 Å². The number of ether oxygens (including phenoxy) is 1. The fourth-order valence-electron chi connectivity index (χ4n) is 2.38. The van der Waals surface area contributed by atoms with Crippen LogP contribution in [0.25, 0.3) is 0 Å². The Hall–Kier alpha value is -2.37. The molecule has 0 saturated carbocycles. The number of amides is 1. The van der Waals surface area contributed by atoms with Crippen molar-refractivity contribution in [1.82, 2.24) is 5.32 Å². The highest BCUT2D eigenvalue weighted by Gasteiger charge is 2.07. The summed E-state index contributed by atoms with van der Waals surface area (Å²) in [6, 6.07) is 14.4. The van der Waals surface area contributed by atoms with E-state index in [0.717, 1.165) is 23.6 Å². The number of anilines is 1. The van der Waals surface area contributed by atoms with Gasteiger partial charge in [0, 0.05) is 23.7 Å². The average molecular weight is 375 g/mol. The number of carbonyl (C=O) groups is 2. The van der Waals surface area contributed by atoms with Gasteiger partial charge in [-0.1, -0.05) is 23.7 Å². The zero-order chi connectivity index (χ0) is 18.8. The largest absolute Gasteiger partial charge is 0.462 e. The van der Waals surface area contributed by atoms with Gasteiger partial charge in [-0.2, -0.15) is 0 Å². The van der Waals surface area contributed by atoms with Crippen LogP contribution >= 0.6 is 11.6 Å². The van der Waals surface area contributed by atoms with Crippen LogP contribution in [0.4, 0.5) is 5.69 Å². The van der Waals surface area contributed by atoms with Crippen LogP contribution in [0.1, 0.15) is 29.3 Å². The molecule has 6 heteroatoms. The van der Waals surface area contributed by atoms with E-state index in [1.54, 1.807) is 31.2 Å². The van der Waals surface area contributed by atoms with E-state index in [1.165, 1.54) is 0 Å². The summed E-state index contributed by atoms with van der Waals surface area (Å²) in [5.41, 5.74) is 2.28. The molecule has 0 aliphatic heterocycles. The van der Waals surface area contributed by atoms with Gasteiger partial charge in [-0.3, -0.25) is 4.79 Å². The number of carbonyl (C=O) groups excluding carboxylic acids is 2. The van der Waals surface area contributed by atoms with Gasteiger partial charge in [0.2, 0.25) is 5.91 Å². The van der Waals surface area contributed by atoms with Gasteiger partial charge < -0.3 is 15.4 Å². The minimum absolute atomic E-state index is 0.0795. The summed E-state index contributed by atoms with van der Waals surface area (Å²) in [7, 11) is 0. The Balaban J connectivity index is 1.66. The lowest BCUT2D eigenvalue weighted by Crippen LogP contribution is -2.23. The highest BCUT2D eigenvalue weighted by atomic mass is 35.5. The van der Waals surface area contributed by atoms with Crippen molar-refractivity contribution in [2.75, 3.05) is 25.0 Å². The molecule has 0 unspecified atom stereocenters. The predicted molar refractivity (Wildman–Crippen MR) is 104 cm³/mol. The van der Waals surface area contributed by atoms with Crippen molar-refractivity contribution in [3.8, 4) is 0 Å². The molecule has 0 aliphatic rings. The number of benzene rings is 2. The van der Waals surface area contributed by atoms with E-state index in [0.29, 0.717) is 30.8 Å². The molecule has 138 valence electrons. The lowest BCUT2D eigenvalue weighted by Gasteiger charge is -2.08. The number of hydrogen-bond donors (Lipinski definition) is 2. The minimum Gasteiger partial charge on any atom is -0.462 e. The van der Waals surface area contributed by atoms with Crippen LogP contribution in [0.5, 0.6) is 0 Å². The van der Waals surface area contributed by atoms with E-state index in [4.69, 9.17) is 16.3 Å². The molecule has 0 radical (unpaired) electrons. The zero-order valence-electron chi connectivity index (χ0n) is 14.8. The van der Waals surface area contributed by atoms with Gasteiger partial charge in [-0.05, 0) is 61.9 Å². The molecule has 0 aromatic heterocycles. The topological polar surface area (TPSA) is 67.4 Å². The van der Waals surface area contributed by atoms with Crippen molar-refractivity contribution in [2.45, 2.75) is 19.8 Å². The molecule has 0 bridgehead atoms. The number of rotatable bonds is 9. The Morgan fingerprint density at radius 3 is 2.54 bits per heavy atom. The zero-order valence-corrected chi connectivity index (χ0v) is 15.5. The highest BCUT2D eigenvalue weighted by Crippen LogP contribution is 2.11. The molecule has 0 atom stereocenters. The molecular formula is C20H23ClN2O3. The van der Waals surface area contributed by atoms with E-state index in [9.17, 15) is 9.59 Å². The van der Waals surface area contributed by atoms with Crippen LogP contribution in [-0.2, 0) is 16.0 Å². The summed E-state index contributed by atoms with van der Waals surface area (Å²) in [4.78, 5) is 23.5. The molecule has 0 heterocycles. The maximum absolute atomic E-state index is 12.0. The Morgan fingerprint density at radius 2 is 1.85 bits per heavy atom. The van der Waals surface area contributed by atoms with E-state index in [2.05, 4.69) is 10.6 Å². The second-order valence-electron chi connectivity index (χ2n) is 5.73. The van der Waals surface area contributed by atoms with Crippen molar-refractivity contribution >= 4 is 29.2 Å². The fraction of sp³-hybridized carbons (Fsp3) is 0.300. The van der Waals surface area contributed by atoms with Crippen molar-refractivity contribution in [3.05, 3.63) is 64.7 Å². The summed E-state index contributed by atoms with van der Waals surface area (Å²) in [6.45, 7) is 3.46. The quantitative estimate of drug-likeness (QED) is 0.519. The third-order valence-corrected chi connectivity index (χ3v) is 3.92. The standard InChI is InChI=1S/C20H23ClN2O3/c1-2-26-20(25)16-6-8-18(9-7-16)23-19(24)11-13-22-12-10-15-4-3-5-17(21)14-15/h3-9,14,22H,2,10-13H2,1H3,(H,23,24). The summed E-state index contributed by atoms with van der Waals surface area (Å²) in [6.07, 6.45) is 1.23. The smallest absolute Gasteiger partial charge is 0.338 e. The first-order valence-corrected chi connectivity index (χ1v) is 8.98. The van der Waals surface area contributed by atoms with E-state index in [-0.39, 0.29) is 11.9 Å². The molecule has 2 aromatic carbocycles. The first-order valence-electron chi connectivity index (χ1n) is 8.60. The summed E-state index contributed by atoms with van der Waals surface area (Å²) in [5, 5.41) is 6.78. The Labute approximate surface area is 158 Å². The molecule has 2 N–H and O–H groups in total. The van der Waals surface area contributed by atoms with Gasteiger partial charge in [0.25, 0.3) is 0 Å². The van der Waals surface area contributed by atoms with Crippen LogP contribution in [0, 0.1) is 0 Å². The molecular weight excluding hydrogens is 352 g/mol. The molecule has 1 amide bonds. The maximum Gasteiger partial charge on any atom is 0.338 e. The monoisotopic (exact) mass is 374 g/mol. The van der Waals surface area contributed by atoms with Gasteiger partial charge in [0.1, 0.15) is 0 Å². The molecule has 2 aromatic rings. The Bertz CT molecular complexity index is 732. The first-order chi connectivity index (χ1) is 12.6. The van der Waals surface area contributed by atoms with Crippen LogP contribution < -0.4 is 10.6 Å². The normalized spacial score (nSPS) is 10.4. The fourth-order valence-corrected chi connectivity index (χ4v) is 2.59. The lowest BCUT2D eigenvalue weighted by molar-refractivity contribution is -0.116. The van der Waals surface area contributed by atoms with Gasteiger partial charge in [0.15, 0.2) is 0 Å². The SMILES string of the molecule is CCOC(=O)c1ccc(NC(=O)CCNCCc2cccc(Cl)c2)cc1. The number of halogens is 1. The average Bonchev–Trinajstić information content (AvgIpc) is 2.62. The predicted octanol–water partition coefficient (Wildman–Crippen LogP) is 3.68. The van der Waals surface area contributed by atoms with Crippen LogP contribution in [0.3, 0.4) is 0 Å². The van der Waals surface area contributed by atoms with Crippen molar-refractivity contribution in [2.24, 2.45) is 0 Å². The van der Waals surface area contributed by atoms with Gasteiger partial charge in [0.05, 0.1) is 12.2 Å². The summed E-state index contributed by atoms with van der Waals surface area (Å²) < 4.78 is 4.92. The third-order valence-electron chi connectivity index (χ3n) is 3.69. The van der Waals surface area contributed by atoms with Crippen LogP contribution in [-0.4, -0.2) is 31.6 Å². The van der Waals surface area contributed by atoms with Gasteiger partial charge in [-0.15, -0.1) is 0 Å². The van der Waals surface area contributed by atoms with Gasteiger partial charge in [-0.25, -0.2) is 4.79 Å². The molecule has 5 nitrogen and oxygen atoms in total. The van der Waals surface area contributed by atoms with Crippen molar-refractivity contribution in [3.63, 3.8) is 0 Å². The van der Waals surface area contributed by atoms with Gasteiger partial charge >= 0.3 is 5.97 Å². The van der Waals surface area contributed by atoms with Crippen LogP contribution in [0.2, 0.25) is 5.02 Å². The highest BCUT2D eigenvalue weighted by molar-refractivity contribution is 6.30. The molecule has 0 aliphatic carbocycles. The number of nitrogens with one attached hydrogen (secondary N) is 2. The van der Waals surface area contributed by atoms with Crippen molar-refractivity contribution < 1.29 is 14.3 Å². The number of hydrogen-bond acceptors (Lipinski definition) is 4. The molecule has 0 spiro atoms. The minimum atomic E-state index is -0.366. The van der Waals surface area contributed by atoms with E-state index >= 15 is 0 Å². The first kappa shape index (κ1) is 19.9. The Morgan fingerprint density at radius 1 is 1.08 bits per heavy atom. The molecule has 26 heavy (non-hydrogen) atoms. The number of esters is 1. The summed E-state index contributed by atoms with van der Waals surface area (Å²) in [5.74, 6) is -0.446. The Kier molecular flexibility index (Phi) is 8.12. The molecule has 2 rings (SSSR count). The maximum atomic E-state index is 12.0. The lowest BCUT2D eigenvalue weighted by atomic mass is 10.1.